The Morgan fingerprint density at radius 3 is 2.29 bits per heavy atom. The van der Waals surface area contributed by atoms with Gasteiger partial charge in [-0.3, -0.25) is 5.32 Å². The second-order valence-electron chi connectivity index (χ2n) is 3.64. The summed E-state index contributed by atoms with van der Waals surface area (Å²) in [6.07, 6.45) is 2.18. The first-order chi connectivity index (χ1) is 10.2. The normalized spacial score (nSPS) is 9.33. The third kappa shape index (κ3) is 5.07. The second kappa shape index (κ2) is 7.34. The molecule has 3 N–H and O–H groups in total. The van der Waals surface area contributed by atoms with Gasteiger partial charge in [-0.15, -0.1) is 0 Å². The monoisotopic (exact) mass is 288 g/mol. The minimum atomic E-state index is -0.602. The first-order valence-corrected chi connectivity index (χ1v) is 5.84. The third-order valence-electron chi connectivity index (χ3n) is 2.08. The lowest BCUT2D eigenvalue weighted by Crippen LogP contribution is -2.16. The molecule has 3 aromatic rings. The smallest absolute Gasteiger partial charge is 0.410 e. The molecule has 0 aliphatic carbocycles. The number of rotatable bonds is 2. The fraction of sp³-hybridized carbons (Fsp3) is 0. The molecule has 8 heteroatoms. The van der Waals surface area contributed by atoms with Crippen LogP contribution in [0, 0.1) is 0 Å². The summed E-state index contributed by atoms with van der Waals surface area (Å²) >= 11 is 0. The number of carbonyl (C=O) groups is 1. The Morgan fingerprint density at radius 1 is 1.05 bits per heavy atom. The maximum Gasteiger partial charge on any atom is 0.418 e. The number of hydrogen-bond acceptors (Lipinski definition) is 7. The fourth-order valence-corrected chi connectivity index (χ4v) is 1.22. The number of nitrogens with one attached hydrogen (secondary N) is 1. The summed E-state index contributed by atoms with van der Waals surface area (Å²) in [5, 5.41) is 9.23. The zero-order valence-electron chi connectivity index (χ0n) is 10.8. The highest BCUT2D eigenvalue weighted by molar-refractivity contribution is 5.84. The van der Waals surface area contributed by atoms with E-state index in [4.69, 9.17) is 10.5 Å². The molecule has 21 heavy (non-hydrogen) atoms. The van der Waals surface area contributed by atoms with Crippen molar-refractivity contribution in [2.24, 2.45) is 0 Å². The van der Waals surface area contributed by atoms with Gasteiger partial charge < -0.3 is 19.5 Å². The van der Waals surface area contributed by atoms with E-state index in [2.05, 4.69) is 24.7 Å². The lowest BCUT2D eigenvalue weighted by atomic mass is 10.3. The van der Waals surface area contributed by atoms with Crippen molar-refractivity contribution in [1.29, 1.82) is 0 Å². The predicted octanol–water partition coefficient (Wildman–Crippen LogP) is 2.54. The predicted molar refractivity (Wildman–Crippen MR) is 73.5 cm³/mol. The number of carbonyl (C=O) groups excluding carboxylic acids is 1. The van der Waals surface area contributed by atoms with Crippen molar-refractivity contribution in [2.75, 3.05) is 11.1 Å². The van der Waals surface area contributed by atoms with Crippen molar-refractivity contribution in [2.45, 2.75) is 0 Å². The van der Waals surface area contributed by atoms with Crippen LogP contribution < -0.4 is 15.8 Å². The van der Waals surface area contributed by atoms with Crippen molar-refractivity contribution in [1.82, 2.24) is 10.3 Å². The van der Waals surface area contributed by atoms with E-state index in [0.29, 0.717) is 17.4 Å². The van der Waals surface area contributed by atoms with Crippen molar-refractivity contribution < 1.29 is 18.6 Å². The highest BCUT2D eigenvalue weighted by Crippen LogP contribution is 2.09. The van der Waals surface area contributed by atoms with E-state index in [1.807, 2.05) is 6.07 Å². The topological polar surface area (TPSA) is 116 Å². The van der Waals surface area contributed by atoms with Crippen LogP contribution >= 0.6 is 0 Å². The molecule has 0 aliphatic rings. The zero-order chi connectivity index (χ0) is 14.9. The maximum absolute atomic E-state index is 11.3. The van der Waals surface area contributed by atoms with Gasteiger partial charge in [0.05, 0.1) is 0 Å². The summed E-state index contributed by atoms with van der Waals surface area (Å²) in [6, 6.07) is 11.9. The number of benzene rings is 1. The van der Waals surface area contributed by atoms with E-state index in [9.17, 15) is 4.79 Å². The van der Waals surface area contributed by atoms with E-state index < -0.39 is 6.09 Å². The fourth-order valence-electron chi connectivity index (χ4n) is 1.22. The van der Waals surface area contributed by atoms with E-state index in [1.54, 1.807) is 30.3 Å². The Balaban J connectivity index is 0.000000225. The number of amides is 1. The quantitative estimate of drug-likeness (QED) is 0.744. The molecule has 108 valence electrons. The van der Waals surface area contributed by atoms with Crippen LogP contribution in [0.4, 0.5) is 16.4 Å². The van der Waals surface area contributed by atoms with Crippen LogP contribution in [-0.2, 0) is 0 Å². The van der Waals surface area contributed by atoms with Crippen LogP contribution in [0.15, 0.2) is 64.0 Å². The summed E-state index contributed by atoms with van der Waals surface area (Å²) in [4.78, 5) is 11.3. The number of nitrogens with two attached hydrogens (primary N) is 1. The van der Waals surface area contributed by atoms with Crippen LogP contribution in [0.2, 0.25) is 0 Å². The van der Waals surface area contributed by atoms with E-state index in [1.165, 1.54) is 18.6 Å². The molecule has 0 saturated carbocycles. The molecule has 1 aromatic carbocycles. The summed E-state index contributed by atoms with van der Waals surface area (Å²) in [6.45, 7) is 0. The number of aromatic nitrogens is 2. The first-order valence-electron chi connectivity index (χ1n) is 5.84. The molecule has 2 heterocycles. The molecule has 0 bridgehead atoms. The van der Waals surface area contributed by atoms with Crippen LogP contribution in [0.5, 0.6) is 5.75 Å². The molecular weight excluding hydrogens is 276 g/mol. The maximum atomic E-state index is 11.3. The van der Waals surface area contributed by atoms with Gasteiger partial charge in [-0.05, 0) is 12.1 Å². The van der Waals surface area contributed by atoms with Crippen LogP contribution in [-0.4, -0.2) is 16.4 Å². The van der Waals surface area contributed by atoms with Crippen LogP contribution in [0.25, 0.3) is 0 Å². The van der Waals surface area contributed by atoms with Crippen molar-refractivity contribution >= 4 is 17.7 Å². The van der Waals surface area contributed by atoms with Gasteiger partial charge in [0.2, 0.25) is 0 Å². The molecule has 0 atom stereocenters. The third-order valence-corrected chi connectivity index (χ3v) is 2.08. The number of anilines is 2. The number of ether oxygens (including phenoxy) is 1. The van der Waals surface area contributed by atoms with Gasteiger partial charge in [0.25, 0.3) is 0 Å². The van der Waals surface area contributed by atoms with Gasteiger partial charge in [0.1, 0.15) is 18.3 Å². The molecule has 0 saturated heterocycles. The Hall–Kier alpha value is -3.29. The Labute approximate surface area is 119 Å². The highest BCUT2D eigenvalue weighted by atomic mass is 16.6. The van der Waals surface area contributed by atoms with Gasteiger partial charge in [0.15, 0.2) is 11.6 Å². The van der Waals surface area contributed by atoms with E-state index >= 15 is 0 Å². The summed E-state index contributed by atoms with van der Waals surface area (Å²) in [5.74, 6) is 1.21. The van der Waals surface area contributed by atoms with E-state index in [-0.39, 0.29) is 0 Å². The van der Waals surface area contributed by atoms with Gasteiger partial charge in [0, 0.05) is 12.1 Å². The minimum absolute atomic E-state index is 0.316. The molecule has 0 unspecified atom stereocenters. The molecule has 8 nitrogen and oxygen atoms in total. The average molecular weight is 288 g/mol. The molecule has 1 amide bonds. The molecule has 2 aromatic heterocycles. The lowest BCUT2D eigenvalue weighted by molar-refractivity contribution is 0.215. The standard InChI is InChI=1S/C10H8N2O3.C3H4N2O/c13-10(11-9-6-7-14-12-9)15-8-4-2-1-3-5-8;4-3-1-2-6-5-3/h1-7H,(H,11,12,13);1-2H,(H2,4,5). The summed E-state index contributed by atoms with van der Waals surface area (Å²) < 4.78 is 13.8. The van der Waals surface area contributed by atoms with Gasteiger partial charge >= 0.3 is 6.09 Å². The van der Waals surface area contributed by atoms with E-state index in [0.717, 1.165) is 0 Å². The number of nitrogens with zero attached hydrogens (tertiary/aromatic N) is 2. The molecule has 0 spiro atoms. The van der Waals surface area contributed by atoms with Gasteiger partial charge in [-0.2, -0.15) is 0 Å². The molecule has 3 rings (SSSR count). The average Bonchev–Trinajstić information content (AvgIpc) is 3.14. The van der Waals surface area contributed by atoms with Crippen LogP contribution in [0.1, 0.15) is 0 Å². The molecule has 0 radical (unpaired) electrons. The molecule has 0 aliphatic heterocycles. The Morgan fingerprint density at radius 2 is 1.76 bits per heavy atom. The van der Waals surface area contributed by atoms with Gasteiger partial charge in [-0.25, -0.2) is 4.79 Å². The Bertz CT molecular complexity index is 638. The van der Waals surface area contributed by atoms with Crippen molar-refractivity contribution in [3.8, 4) is 5.75 Å². The first kappa shape index (κ1) is 14.1. The summed E-state index contributed by atoms with van der Waals surface area (Å²) in [7, 11) is 0. The lowest BCUT2D eigenvalue weighted by Gasteiger charge is -2.02. The zero-order valence-corrected chi connectivity index (χ0v) is 10.8. The van der Waals surface area contributed by atoms with Gasteiger partial charge in [-0.1, -0.05) is 28.5 Å². The summed E-state index contributed by atoms with van der Waals surface area (Å²) in [5.41, 5.74) is 5.07. The van der Waals surface area contributed by atoms with Crippen molar-refractivity contribution in [3.05, 3.63) is 55.0 Å². The number of hydrogen-bond donors (Lipinski definition) is 2. The number of nitrogen functional groups attached to an aromatic ring is 1. The number of para-hydroxylation sites is 1. The van der Waals surface area contributed by atoms with Crippen molar-refractivity contribution in [3.63, 3.8) is 0 Å². The second-order valence-corrected chi connectivity index (χ2v) is 3.64. The Kier molecular flexibility index (Phi) is 4.93. The minimum Gasteiger partial charge on any atom is -0.410 e. The molecule has 0 fully saturated rings. The van der Waals surface area contributed by atoms with Crippen LogP contribution in [0.3, 0.4) is 0 Å². The molecular formula is C13H12N4O4. The SMILES string of the molecule is Nc1ccon1.O=C(Nc1ccon1)Oc1ccccc1. The largest absolute Gasteiger partial charge is 0.418 e. The highest BCUT2D eigenvalue weighted by Gasteiger charge is 2.05.